The van der Waals surface area contributed by atoms with Crippen LogP contribution in [0.15, 0.2) is 28.8 Å². The maximum Gasteiger partial charge on any atom is 0.256 e. The van der Waals surface area contributed by atoms with Crippen LogP contribution in [-0.4, -0.2) is 36.6 Å². The molecule has 1 amide bonds. The van der Waals surface area contributed by atoms with Crippen LogP contribution < -0.4 is 5.32 Å². The van der Waals surface area contributed by atoms with E-state index in [1.54, 1.807) is 19.9 Å². The topological polar surface area (TPSA) is 58.4 Å². The molecule has 0 spiro atoms. The van der Waals surface area contributed by atoms with E-state index >= 15 is 0 Å². The number of halogens is 1. The van der Waals surface area contributed by atoms with Gasteiger partial charge in [0.05, 0.1) is 11.7 Å². The number of amides is 1. The van der Waals surface area contributed by atoms with E-state index in [4.69, 9.17) is 4.52 Å². The molecule has 0 fully saturated rings. The van der Waals surface area contributed by atoms with Crippen LogP contribution in [0.3, 0.4) is 0 Å². The Morgan fingerprint density at radius 2 is 2.14 bits per heavy atom. The summed E-state index contributed by atoms with van der Waals surface area (Å²) in [5, 5.41) is 6.64. The lowest BCUT2D eigenvalue weighted by Crippen LogP contribution is -2.35. The lowest BCUT2D eigenvalue weighted by molar-refractivity contribution is 0.0940. The van der Waals surface area contributed by atoms with Crippen LogP contribution in [0.25, 0.3) is 0 Å². The number of hydrogen-bond donors (Lipinski definition) is 1. The van der Waals surface area contributed by atoms with Gasteiger partial charge in [-0.3, -0.25) is 4.79 Å². The van der Waals surface area contributed by atoms with Gasteiger partial charge in [0.2, 0.25) is 0 Å². The zero-order chi connectivity index (χ0) is 16.3. The monoisotopic (exact) mass is 305 g/mol. The molecule has 0 saturated carbocycles. The number of nitrogens with zero attached hydrogens (tertiary/aromatic N) is 2. The molecule has 1 aromatic heterocycles. The fourth-order valence-electron chi connectivity index (χ4n) is 2.40. The third kappa shape index (κ3) is 3.51. The Morgan fingerprint density at radius 3 is 2.68 bits per heavy atom. The van der Waals surface area contributed by atoms with Gasteiger partial charge in [0, 0.05) is 6.54 Å². The first-order valence-electron chi connectivity index (χ1n) is 7.03. The highest BCUT2D eigenvalue weighted by molar-refractivity contribution is 5.96. The molecular weight excluding hydrogens is 285 g/mol. The van der Waals surface area contributed by atoms with Crippen molar-refractivity contribution < 1.29 is 13.7 Å². The summed E-state index contributed by atoms with van der Waals surface area (Å²) in [5.74, 6) is -0.0388. The fraction of sp³-hybridized carbons (Fsp3) is 0.375. The molecule has 118 valence electrons. The number of likely N-dealkylation sites (N-methyl/N-ethyl adjacent to an activating group) is 1. The number of aryl methyl sites for hydroxylation is 2. The number of hydrogen-bond acceptors (Lipinski definition) is 4. The van der Waals surface area contributed by atoms with E-state index in [1.807, 2.05) is 25.1 Å². The second kappa shape index (κ2) is 6.70. The lowest BCUT2D eigenvalue weighted by atomic mass is 10.1. The SMILES string of the molecule is Cc1noc(C)c1C(=O)NCC(c1cccc(F)c1)N(C)C. The van der Waals surface area contributed by atoms with Crippen LogP contribution in [0.1, 0.15) is 33.4 Å². The predicted molar refractivity (Wildman–Crippen MR) is 81.1 cm³/mol. The first-order chi connectivity index (χ1) is 10.4. The molecule has 1 unspecified atom stereocenters. The summed E-state index contributed by atoms with van der Waals surface area (Å²) in [4.78, 5) is 14.2. The third-order valence-corrected chi connectivity index (χ3v) is 3.57. The summed E-state index contributed by atoms with van der Waals surface area (Å²) in [6, 6.07) is 6.26. The van der Waals surface area contributed by atoms with Crippen LogP contribution in [0.2, 0.25) is 0 Å². The molecule has 5 nitrogen and oxygen atoms in total. The summed E-state index contributed by atoms with van der Waals surface area (Å²) in [7, 11) is 3.77. The van der Waals surface area contributed by atoms with E-state index < -0.39 is 0 Å². The van der Waals surface area contributed by atoms with Gasteiger partial charge in [0.1, 0.15) is 17.1 Å². The van der Waals surface area contributed by atoms with Crippen LogP contribution in [0, 0.1) is 19.7 Å². The molecule has 1 heterocycles. The van der Waals surface area contributed by atoms with E-state index in [0.29, 0.717) is 23.6 Å². The van der Waals surface area contributed by atoms with Crippen molar-refractivity contribution in [2.24, 2.45) is 0 Å². The van der Waals surface area contributed by atoms with Gasteiger partial charge < -0.3 is 14.7 Å². The van der Waals surface area contributed by atoms with Gasteiger partial charge in [-0.1, -0.05) is 17.3 Å². The van der Waals surface area contributed by atoms with E-state index in [9.17, 15) is 9.18 Å². The minimum Gasteiger partial charge on any atom is -0.361 e. The van der Waals surface area contributed by atoms with Crippen molar-refractivity contribution in [1.29, 1.82) is 0 Å². The second-order valence-corrected chi connectivity index (χ2v) is 5.44. The molecule has 0 aliphatic carbocycles. The Morgan fingerprint density at radius 1 is 1.41 bits per heavy atom. The standard InChI is InChI=1S/C16H20FN3O2/c1-10-15(11(2)22-19-10)16(21)18-9-14(20(3)4)12-6-5-7-13(17)8-12/h5-8,14H,9H2,1-4H3,(H,18,21). The van der Waals surface area contributed by atoms with Crippen LogP contribution >= 0.6 is 0 Å². The van der Waals surface area contributed by atoms with Crippen molar-refractivity contribution in [3.63, 3.8) is 0 Å². The Kier molecular flexibility index (Phi) is 4.92. The minimum absolute atomic E-state index is 0.125. The second-order valence-electron chi connectivity index (χ2n) is 5.44. The van der Waals surface area contributed by atoms with Gasteiger partial charge in [-0.25, -0.2) is 4.39 Å². The van der Waals surface area contributed by atoms with Crippen LogP contribution in [0.5, 0.6) is 0 Å². The van der Waals surface area contributed by atoms with Crippen molar-refractivity contribution in [1.82, 2.24) is 15.4 Å². The highest BCUT2D eigenvalue weighted by Gasteiger charge is 2.20. The number of nitrogens with one attached hydrogen (secondary N) is 1. The largest absolute Gasteiger partial charge is 0.361 e. The molecule has 2 rings (SSSR count). The molecule has 0 aliphatic rings. The van der Waals surface area contributed by atoms with Gasteiger partial charge in [-0.2, -0.15) is 0 Å². The van der Waals surface area contributed by atoms with E-state index in [-0.39, 0.29) is 17.8 Å². The van der Waals surface area contributed by atoms with Crippen LogP contribution in [0.4, 0.5) is 4.39 Å². The Hall–Kier alpha value is -2.21. The quantitative estimate of drug-likeness (QED) is 0.922. The number of rotatable bonds is 5. The maximum absolute atomic E-state index is 13.4. The molecule has 2 aromatic rings. The molecular formula is C16H20FN3O2. The Labute approximate surface area is 129 Å². The van der Waals surface area contributed by atoms with Gasteiger partial charge in [0.15, 0.2) is 0 Å². The van der Waals surface area contributed by atoms with Gasteiger partial charge in [-0.05, 0) is 45.6 Å². The molecule has 0 saturated heterocycles. The Balaban J connectivity index is 2.11. The number of carbonyl (C=O) groups is 1. The first-order valence-corrected chi connectivity index (χ1v) is 7.03. The van der Waals surface area contributed by atoms with Crippen molar-refractivity contribution in [3.05, 3.63) is 52.7 Å². The molecule has 0 radical (unpaired) electrons. The average molecular weight is 305 g/mol. The summed E-state index contributed by atoms with van der Waals surface area (Å²) in [5.41, 5.74) is 1.82. The molecule has 0 aliphatic heterocycles. The lowest BCUT2D eigenvalue weighted by Gasteiger charge is -2.25. The van der Waals surface area contributed by atoms with Gasteiger partial charge in [-0.15, -0.1) is 0 Å². The highest BCUT2D eigenvalue weighted by Crippen LogP contribution is 2.19. The smallest absolute Gasteiger partial charge is 0.256 e. The van der Waals surface area contributed by atoms with Crippen LogP contribution in [-0.2, 0) is 0 Å². The van der Waals surface area contributed by atoms with E-state index in [1.165, 1.54) is 12.1 Å². The molecule has 0 bridgehead atoms. The molecule has 1 aromatic carbocycles. The third-order valence-electron chi connectivity index (χ3n) is 3.57. The van der Waals surface area contributed by atoms with E-state index in [0.717, 1.165) is 5.56 Å². The average Bonchev–Trinajstić information content (AvgIpc) is 2.78. The summed E-state index contributed by atoms with van der Waals surface area (Å²) < 4.78 is 18.4. The molecule has 22 heavy (non-hydrogen) atoms. The molecule has 1 N–H and O–H groups in total. The molecule has 6 heteroatoms. The van der Waals surface area contributed by atoms with Gasteiger partial charge >= 0.3 is 0 Å². The van der Waals surface area contributed by atoms with Crippen molar-refractivity contribution in [2.45, 2.75) is 19.9 Å². The minimum atomic E-state index is -0.290. The normalized spacial score (nSPS) is 12.5. The van der Waals surface area contributed by atoms with Crippen molar-refractivity contribution >= 4 is 5.91 Å². The van der Waals surface area contributed by atoms with E-state index in [2.05, 4.69) is 10.5 Å². The van der Waals surface area contributed by atoms with Gasteiger partial charge in [0.25, 0.3) is 5.91 Å². The zero-order valence-electron chi connectivity index (χ0n) is 13.2. The summed E-state index contributed by atoms with van der Waals surface area (Å²) in [6.45, 7) is 3.78. The number of carbonyl (C=O) groups excluding carboxylic acids is 1. The molecule has 1 atom stereocenters. The Bertz CT molecular complexity index is 648. The number of aromatic nitrogens is 1. The van der Waals surface area contributed by atoms with Crippen molar-refractivity contribution in [3.8, 4) is 0 Å². The predicted octanol–water partition coefficient (Wildman–Crippen LogP) is 2.46. The summed E-state index contributed by atoms with van der Waals surface area (Å²) in [6.07, 6.45) is 0. The maximum atomic E-state index is 13.4. The summed E-state index contributed by atoms with van der Waals surface area (Å²) >= 11 is 0. The van der Waals surface area contributed by atoms with Crippen molar-refractivity contribution in [2.75, 3.05) is 20.6 Å². The number of benzene rings is 1. The first kappa shape index (κ1) is 16.2. The zero-order valence-corrected chi connectivity index (χ0v) is 13.2. The highest BCUT2D eigenvalue weighted by atomic mass is 19.1. The fourth-order valence-corrected chi connectivity index (χ4v) is 2.40.